The Balaban J connectivity index is 2.57. The lowest BCUT2D eigenvalue weighted by Crippen LogP contribution is -2.39. The highest BCUT2D eigenvalue weighted by Crippen LogP contribution is 2.11. The fraction of sp³-hybridized carbons (Fsp3) is 0.625. The van der Waals surface area contributed by atoms with Crippen LogP contribution < -0.4 is 11.1 Å². The maximum Gasteiger partial charge on any atom is 0.243 e. The van der Waals surface area contributed by atoms with E-state index in [0.29, 0.717) is 11.0 Å². The number of hydrogen-bond acceptors (Lipinski definition) is 5. The molecule has 0 saturated heterocycles. The monoisotopic (exact) mass is 214 g/mol. The van der Waals surface area contributed by atoms with Crippen molar-refractivity contribution in [2.24, 2.45) is 11.7 Å². The van der Waals surface area contributed by atoms with Crippen molar-refractivity contribution >= 4 is 22.6 Å². The van der Waals surface area contributed by atoms with Crippen LogP contribution in [0.15, 0.2) is 0 Å². The fourth-order valence-electron chi connectivity index (χ4n) is 0.839. The molecule has 3 N–H and O–H groups in total. The molecule has 6 heteroatoms. The van der Waals surface area contributed by atoms with Gasteiger partial charge in [0.25, 0.3) is 0 Å². The molecule has 1 rings (SSSR count). The maximum absolute atomic E-state index is 11.5. The molecule has 0 aromatic carbocycles. The number of rotatable bonds is 3. The second-order valence-corrected chi connectivity index (χ2v) is 4.16. The van der Waals surface area contributed by atoms with Crippen LogP contribution >= 0.6 is 11.5 Å². The smallest absolute Gasteiger partial charge is 0.243 e. The summed E-state index contributed by atoms with van der Waals surface area (Å²) in [5, 5.41) is 3.13. The molecular weight excluding hydrogens is 200 g/mol. The third-order valence-corrected chi connectivity index (χ3v) is 2.50. The van der Waals surface area contributed by atoms with Crippen LogP contribution in [-0.2, 0) is 4.79 Å². The van der Waals surface area contributed by atoms with Crippen molar-refractivity contribution in [3.63, 3.8) is 0 Å². The van der Waals surface area contributed by atoms with E-state index in [9.17, 15) is 4.79 Å². The van der Waals surface area contributed by atoms with Crippen LogP contribution in [0.4, 0.5) is 5.13 Å². The summed E-state index contributed by atoms with van der Waals surface area (Å²) in [5.41, 5.74) is 5.66. The van der Waals surface area contributed by atoms with Crippen molar-refractivity contribution in [2.75, 3.05) is 5.32 Å². The van der Waals surface area contributed by atoms with Crippen LogP contribution in [0, 0.1) is 12.8 Å². The Morgan fingerprint density at radius 2 is 2.21 bits per heavy atom. The SMILES string of the molecule is Cc1nsc(NC(=O)[C@H](N)C(C)C)n1. The third kappa shape index (κ3) is 2.74. The predicted molar refractivity (Wildman–Crippen MR) is 56.1 cm³/mol. The normalized spacial score (nSPS) is 12.9. The standard InChI is InChI=1S/C8H14N4OS/c1-4(2)6(9)7(13)11-8-10-5(3)12-14-8/h4,6H,9H2,1-3H3,(H,10,11,12,13)/t6-/m1/s1. The van der Waals surface area contributed by atoms with Gasteiger partial charge in [-0.3, -0.25) is 10.1 Å². The lowest BCUT2D eigenvalue weighted by molar-refractivity contribution is -0.118. The molecule has 78 valence electrons. The van der Waals surface area contributed by atoms with Crippen LogP contribution in [0.1, 0.15) is 19.7 Å². The lowest BCUT2D eigenvalue weighted by atomic mass is 10.1. The van der Waals surface area contributed by atoms with E-state index >= 15 is 0 Å². The number of amides is 1. The minimum atomic E-state index is -0.501. The Bertz CT molecular complexity index is 323. The fourth-order valence-corrected chi connectivity index (χ4v) is 1.42. The first kappa shape index (κ1) is 11.1. The van der Waals surface area contributed by atoms with E-state index in [1.165, 1.54) is 0 Å². The van der Waals surface area contributed by atoms with Gasteiger partial charge in [0.2, 0.25) is 11.0 Å². The minimum Gasteiger partial charge on any atom is -0.320 e. The molecule has 1 amide bonds. The van der Waals surface area contributed by atoms with E-state index in [1.54, 1.807) is 6.92 Å². The molecule has 0 bridgehead atoms. The molecule has 0 spiro atoms. The largest absolute Gasteiger partial charge is 0.320 e. The van der Waals surface area contributed by atoms with E-state index in [-0.39, 0.29) is 11.8 Å². The number of nitrogens with zero attached hydrogens (tertiary/aromatic N) is 2. The zero-order valence-corrected chi connectivity index (χ0v) is 9.26. The second-order valence-electron chi connectivity index (χ2n) is 3.41. The Morgan fingerprint density at radius 3 is 2.64 bits per heavy atom. The summed E-state index contributed by atoms with van der Waals surface area (Å²) in [4.78, 5) is 15.5. The van der Waals surface area contributed by atoms with Gasteiger partial charge in [0.1, 0.15) is 5.82 Å². The second kappa shape index (κ2) is 4.47. The molecule has 14 heavy (non-hydrogen) atoms. The Morgan fingerprint density at radius 1 is 1.57 bits per heavy atom. The number of carbonyl (C=O) groups excluding carboxylic acids is 1. The van der Waals surface area contributed by atoms with E-state index in [4.69, 9.17) is 5.73 Å². The van der Waals surface area contributed by atoms with Crippen LogP contribution in [-0.4, -0.2) is 21.3 Å². The molecule has 0 aliphatic rings. The molecule has 0 unspecified atom stereocenters. The summed E-state index contributed by atoms with van der Waals surface area (Å²) < 4.78 is 3.95. The molecule has 0 aliphatic carbocycles. The Hall–Kier alpha value is -1.01. The van der Waals surface area contributed by atoms with E-state index in [1.807, 2.05) is 13.8 Å². The van der Waals surface area contributed by atoms with Gasteiger partial charge < -0.3 is 5.73 Å². The van der Waals surface area contributed by atoms with Crippen molar-refractivity contribution in [1.82, 2.24) is 9.36 Å². The zero-order chi connectivity index (χ0) is 10.7. The first-order valence-corrected chi connectivity index (χ1v) is 5.15. The molecule has 1 aromatic heterocycles. The number of nitrogens with one attached hydrogen (secondary N) is 1. The van der Waals surface area contributed by atoms with Crippen molar-refractivity contribution < 1.29 is 4.79 Å². The van der Waals surface area contributed by atoms with Crippen molar-refractivity contribution in [2.45, 2.75) is 26.8 Å². The minimum absolute atomic E-state index is 0.115. The summed E-state index contributed by atoms with van der Waals surface area (Å²) in [7, 11) is 0. The summed E-state index contributed by atoms with van der Waals surface area (Å²) in [6.07, 6.45) is 0. The maximum atomic E-state index is 11.5. The highest BCUT2D eigenvalue weighted by atomic mass is 32.1. The van der Waals surface area contributed by atoms with Crippen molar-refractivity contribution in [3.8, 4) is 0 Å². The Kier molecular flexibility index (Phi) is 3.54. The van der Waals surface area contributed by atoms with Crippen LogP contribution in [0.3, 0.4) is 0 Å². The number of carbonyl (C=O) groups is 1. The van der Waals surface area contributed by atoms with Crippen LogP contribution in [0.25, 0.3) is 0 Å². The summed E-state index contributed by atoms with van der Waals surface area (Å²) in [6, 6.07) is -0.501. The van der Waals surface area contributed by atoms with Gasteiger partial charge in [0.05, 0.1) is 6.04 Å². The van der Waals surface area contributed by atoms with Gasteiger partial charge in [-0.25, -0.2) is 4.98 Å². The number of hydrogen-bond donors (Lipinski definition) is 2. The summed E-state index contributed by atoms with van der Waals surface area (Å²) in [6.45, 7) is 5.57. The molecule has 1 aromatic rings. The Labute approximate surface area is 86.9 Å². The molecule has 1 atom stereocenters. The first-order valence-electron chi connectivity index (χ1n) is 4.37. The van der Waals surface area contributed by atoms with Gasteiger partial charge in [-0.15, -0.1) is 0 Å². The zero-order valence-electron chi connectivity index (χ0n) is 8.44. The topological polar surface area (TPSA) is 80.9 Å². The summed E-state index contributed by atoms with van der Waals surface area (Å²) in [5.74, 6) is 0.559. The first-order chi connectivity index (χ1) is 6.50. The molecular formula is C8H14N4OS. The van der Waals surface area contributed by atoms with Gasteiger partial charge in [0, 0.05) is 11.5 Å². The van der Waals surface area contributed by atoms with Gasteiger partial charge >= 0.3 is 0 Å². The van der Waals surface area contributed by atoms with E-state index in [2.05, 4.69) is 14.7 Å². The van der Waals surface area contributed by atoms with Gasteiger partial charge in [-0.2, -0.15) is 4.37 Å². The molecule has 0 aliphatic heterocycles. The van der Waals surface area contributed by atoms with E-state index < -0.39 is 6.04 Å². The number of aromatic nitrogens is 2. The predicted octanol–water partition coefficient (Wildman–Crippen LogP) is 0.768. The number of anilines is 1. The molecule has 0 saturated carbocycles. The molecule has 0 radical (unpaired) electrons. The molecule has 5 nitrogen and oxygen atoms in total. The van der Waals surface area contributed by atoms with E-state index in [0.717, 1.165) is 11.5 Å². The third-order valence-electron chi connectivity index (χ3n) is 1.78. The van der Waals surface area contributed by atoms with Gasteiger partial charge in [-0.1, -0.05) is 13.8 Å². The van der Waals surface area contributed by atoms with Gasteiger partial charge in [-0.05, 0) is 12.8 Å². The average Bonchev–Trinajstić information content (AvgIpc) is 2.49. The van der Waals surface area contributed by atoms with Crippen LogP contribution in [0.2, 0.25) is 0 Å². The summed E-state index contributed by atoms with van der Waals surface area (Å²) >= 11 is 1.16. The van der Waals surface area contributed by atoms with Crippen molar-refractivity contribution in [3.05, 3.63) is 5.82 Å². The number of nitrogens with two attached hydrogens (primary N) is 1. The molecule has 0 fully saturated rings. The van der Waals surface area contributed by atoms with Crippen LogP contribution in [0.5, 0.6) is 0 Å². The van der Waals surface area contributed by atoms with Gasteiger partial charge in [0.15, 0.2) is 0 Å². The highest BCUT2D eigenvalue weighted by Gasteiger charge is 2.18. The number of aryl methyl sites for hydroxylation is 1. The lowest BCUT2D eigenvalue weighted by Gasteiger charge is -2.13. The van der Waals surface area contributed by atoms with Crippen molar-refractivity contribution in [1.29, 1.82) is 0 Å². The molecule has 1 heterocycles. The quantitative estimate of drug-likeness (QED) is 0.778. The average molecular weight is 214 g/mol. The highest BCUT2D eigenvalue weighted by molar-refractivity contribution is 7.09.